The molecule has 1 aliphatic rings. The van der Waals surface area contributed by atoms with Crippen LogP contribution < -0.4 is 15.1 Å². The number of nitrogens with zero attached hydrogens (tertiary/aromatic N) is 5. The van der Waals surface area contributed by atoms with Crippen molar-refractivity contribution in [2.75, 3.05) is 41.3 Å². The Morgan fingerprint density at radius 1 is 0.969 bits per heavy atom. The molecule has 2 aromatic carbocycles. The second-order valence-electron chi connectivity index (χ2n) is 7.89. The van der Waals surface area contributed by atoms with Crippen molar-refractivity contribution in [3.8, 4) is 0 Å². The third kappa shape index (κ3) is 4.96. The Morgan fingerprint density at radius 2 is 1.66 bits per heavy atom. The van der Waals surface area contributed by atoms with Crippen molar-refractivity contribution in [1.82, 2.24) is 9.97 Å². The lowest BCUT2D eigenvalue weighted by Crippen LogP contribution is -2.47. The van der Waals surface area contributed by atoms with Gasteiger partial charge in [0, 0.05) is 37.6 Å². The van der Waals surface area contributed by atoms with Gasteiger partial charge >= 0.3 is 5.69 Å². The third-order valence-electron chi connectivity index (χ3n) is 5.72. The van der Waals surface area contributed by atoms with Crippen LogP contribution in [0.15, 0.2) is 60.9 Å². The van der Waals surface area contributed by atoms with Crippen LogP contribution in [0, 0.1) is 10.1 Å². The summed E-state index contributed by atoms with van der Waals surface area (Å²) in [5, 5.41) is 15.1. The molecule has 166 valence electrons. The quantitative estimate of drug-likeness (QED) is 0.404. The molecule has 3 aromatic rings. The Balaban J connectivity index is 1.50. The molecule has 0 saturated carbocycles. The number of hydrogen-bond acceptors (Lipinski definition) is 7. The van der Waals surface area contributed by atoms with Crippen LogP contribution >= 0.6 is 0 Å². The lowest BCUT2D eigenvalue weighted by Gasteiger charge is -2.36. The van der Waals surface area contributed by atoms with E-state index in [4.69, 9.17) is 0 Å². The van der Waals surface area contributed by atoms with E-state index in [2.05, 4.69) is 51.4 Å². The summed E-state index contributed by atoms with van der Waals surface area (Å²) in [7, 11) is 0. The summed E-state index contributed by atoms with van der Waals surface area (Å²) >= 11 is 0. The van der Waals surface area contributed by atoms with Crippen LogP contribution in [0.1, 0.15) is 25.3 Å². The van der Waals surface area contributed by atoms with Gasteiger partial charge in [0.2, 0.25) is 11.6 Å². The monoisotopic (exact) mass is 432 g/mol. The molecule has 1 fully saturated rings. The minimum atomic E-state index is -0.392. The molecule has 0 bridgehead atoms. The van der Waals surface area contributed by atoms with Crippen molar-refractivity contribution in [3.63, 3.8) is 0 Å². The summed E-state index contributed by atoms with van der Waals surface area (Å²) in [4.78, 5) is 24.3. The SMILES string of the molecule is CCCCc1ccc(Nc2ncnc(N3CCN(c4ccccc4)CC3)c2[N+](=O)[O-])cc1. The first-order valence-corrected chi connectivity index (χ1v) is 11.1. The number of aryl methyl sites for hydroxylation is 1. The van der Waals surface area contributed by atoms with Gasteiger partial charge in [-0.05, 0) is 42.7 Å². The van der Waals surface area contributed by atoms with Crippen LogP contribution in [0.25, 0.3) is 0 Å². The number of nitro groups is 1. The highest BCUT2D eigenvalue weighted by molar-refractivity contribution is 5.74. The predicted octanol–water partition coefficient (Wildman–Crippen LogP) is 4.80. The molecule has 2 heterocycles. The summed E-state index contributed by atoms with van der Waals surface area (Å²) in [6.45, 7) is 5.01. The van der Waals surface area contributed by atoms with E-state index in [0.717, 1.165) is 43.7 Å². The van der Waals surface area contributed by atoms with Gasteiger partial charge in [0.1, 0.15) is 6.33 Å². The average Bonchev–Trinajstić information content (AvgIpc) is 2.84. The number of rotatable bonds is 8. The van der Waals surface area contributed by atoms with Crippen molar-refractivity contribution in [2.45, 2.75) is 26.2 Å². The maximum atomic E-state index is 12.0. The summed E-state index contributed by atoms with van der Waals surface area (Å²) in [6, 6.07) is 18.2. The molecular formula is C24H28N6O2. The Bertz CT molecular complexity index is 1030. The maximum Gasteiger partial charge on any atom is 0.353 e. The molecule has 0 aliphatic carbocycles. The molecule has 8 heteroatoms. The summed E-state index contributed by atoms with van der Waals surface area (Å²) in [5.41, 5.74) is 3.10. The van der Waals surface area contributed by atoms with Crippen LogP contribution in [0.4, 0.5) is 28.7 Å². The number of hydrogen-bond donors (Lipinski definition) is 1. The lowest BCUT2D eigenvalue weighted by molar-refractivity contribution is -0.383. The van der Waals surface area contributed by atoms with Crippen molar-refractivity contribution >= 4 is 28.7 Å². The molecule has 0 radical (unpaired) electrons. The Kier molecular flexibility index (Phi) is 6.79. The van der Waals surface area contributed by atoms with Gasteiger partial charge in [-0.3, -0.25) is 10.1 Å². The molecule has 0 atom stereocenters. The molecule has 0 amide bonds. The number of benzene rings is 2. The van der Waals surface area contributed by atoms with E-state index in [0.29, 0.717) is 18.9 Å². The van der Waals surface area contributed by atoms with Crippen molar-refractivity contribution in [1.29, 1.82) is 0 Å². The van der Waals surface area contributed by atoms with E-state index >= 15 is 0 Å². The van der Waals surface area contributed by atoms with Gasteiger partial charge in [0.15, 0.2) is 0 Å². The first-order chi connectivity index (χ1) is 15.7. The van der Waals surface area contributed by atoms with E-state index in [1.165, 1.54) is 11.9 Å². The van der Waals surface area contributed by atoms with Crippen LogP contribution in [-0.4, -0.2) is 41.1 Å². The molecule has 8 nitrogen and oxygen atoms in total. The summed E-state index contributed by atoms with van der Waals surface area (Å²) in [5.74, 6) is 0.576. The van der Waals surface area contributed by atoms with Crippen LogP contribution in [0.3, 0.4) is 0 Å². The van der Waals surface area contributed by atoms with Gasteiger partial charge in [-0.2, -0.15) is 0 Å². The molecule has 4 rings (SSSR count). The fourth-order valence-electron chi connectivity index (χ4n) is 3.95. The number of nitrogens with one attached hydrogen (secondary N) is 1. The van der Waals surface area contributed by atoms with Crippen molar-refractivity contribution in [3.05, 3.63) is 76.6 Å². The first kappa shape index (κ1) is 21.5. The fraction of sp³-hybridized carbons (Fsp3) is 0.333. The summed E-state index contributed by atoms with van der Waals surface area (Å²) < 4.78 is 0. The smallest absolute Gasteiger partial charge is 0.353 e. The predicted molar refractivity (Wildman–Crippen MR) is 128 cm³/mol. The molecule has 32 heavy (non-hydrogen) atoms. The minimum absolute atomic E-state index is 0.0873. The highest BCUT2D eigenvalue weighted by Crippen LogP contribution is 2.34. The second kappa shape index (κ2) is 10.1. The number of para-hydroxylation sites is 1. The number of aromatic nitrogens is 2. The highest BCUT2D eigenvalue weighted by Gasteiger charge is 2.29. The van der Waals surface area contributed by atoms with Crippen LogP contribution in [0.5, 0.6) is 0 Å². The average molecular weight is 433 g/mol. The molecule has 1 saturated heterocycles. The van der Waals surface area contributed by atoms with Crippen molar-refractivity contribution in [2.24, 2.45) is 0 Å². The zero-order valence-electron chi connectivity index (χ0n) is 18.3. The van der Waals surface area contributed by atoms with Gasteiger partial charge in [-0.1, -0.05) is 43.7 Å². The third-order valence-corrected chi connectivity index (χ3v) is 5.72. The minimum Gasteiger partial charge on any atom is -0.368 e. The number of anilines is 4. The van der Waals surface area contributed by atoms with Crippen LogP contribution in [-0.2, 0) is 6.42 Å². The van der Waals surface area contributed by atoms with E-state index in [1.807, 2.05) is 35.2 Å². The van der Waals surface area contributed by atoms with Gasteiger partial charge in [0.05, 0.1) is 4.92 Å². The Labute approximate surface area is 188 Å². The topological polar surface area (TPSA) is 87.4 Å². The molecule has 1 aromatic heterocycles. The van der Waals surface area contributed by atoms with E-state index in [9.17, 15) is 10.1 Å². The number of piperazine rings is 1. The zero-order chi connectivity index (χ0) is 22.3. The maximum absolute atomic E-state index is 12.0. The van der Waals surface area contributed by atoms with Gasteiger partial charge in [-0.15, -0.1) is 0 Å². The summed E-state index contributed by atoms with van der Waals surface area (Å²) in [6.07, 6.45) is 4.72. The normalized spacial score (nSPS) is 13.8. The van der Waals surface area contributed by atoms with E-state index < -0.39 is 4.92 Å². The van der Waals surface area contributed by atoms with Gasteiger partial charge in [0.25, 0.3) is 0 Å². The second-order valence-corrected chi connectivity index (χ2v) is 7.89. The zero-order valence-corrected chi connectivity index (χ0v) is 18.3. The first-order valence-electron chi connectivity index (χ1n) is 11.1. The highest BCUT2D eigenvalue weighted by atomic mass is 16.6. The molecule has 0 spiro atoms. The molecule has 1 aliphatic heterocycles. The lowest BCUT2D eigenvalue weighted by atomic mass is 10.1. The van der Waals surface area contributed by atoms with Crippen LogP contribution in [0.2, 0.25) is 0 Å². The Hall–Kier alpha value is -3.68. The van der Waals surface area contributed by atoms with Gasteiger partial charge in [-0.25, -0.2) is 9.97 Å². The largest absolute Gasteiger partial charge is 0.368 e. The van der Waals surface area contributed by atoms with E-state index in [1.54, 1.807) is 0 Å². The fourth-order valence-corrected chi connectivity index (χ4v) is 3.95. The van der Waals surface area contributed by atoms with Gasteiger partial charge < -0.3 is 15.1 Å². The number of unbranched alkanes of at least 4 members (excludes halogenated alkanes) is 1. The standard InChI is InChI=1S/C24H28N6O2/c1-2-3-7-19-10-12-20(13-11-19)27-23-22(30(31)32)24(26-18-25-23)29-16-14-28(15-17-29)21-8-5-4-6-9-21/h4-6,8-13,18H,2-3,7,14-17H2,1H3,(H,25,26,27). The Morgan fingerprint density at radius 3 is 2.31 bits per heavy atom. The van der Waals surface area contributed by atoms with Crippen molar-refractivity contribution < 1.29 is 4.92 Å². The molecule has 1 N–H and O–H groups in total. The molecular weight excluding hydrogens is 404 g/mol. The molecule has 0 unspecified atom stereocenters. The van der Waals surface area contributed by atoms with E-state index in [-0.39, 0.29) is 11.5 Å².